The summed E-state index contributed by atoms with van der Waals surface area (Å²) in [5.41, 5.74) is 0. The van der Waals surface area contributed by atoms with Crippen LogP contribution in [0.15, 0.2) is 0 Å². The van der Waals surface area contributed by atoms with Gasteiger partial charge >= 0.3 is 0 Å². The van der Waals surface area contributed by atoms with Crippen LogP contribution in [-0.2, 0) is 4.74 Å². The fourth-order valence-electron chi connectivity index (χ4n) is 2.59. The quantitative estimate of drug-likeness (QED) is 0.708. The van der Waals surface area contributed by atoms with Crippen molar-refractivity contribution in [2.75, 3.05) is 46.1 Å². The molecule has 0 saturated carbocycles. The summed E-state index contributed by atoms with van der Waals surface area (Å²) in [7, 11) is 0. The Hall–Kier alpha value is -0.160. The van der Waals surface area contributed by atoms with Crippen LogP contribution < -0.4 is 0 Å². The van der Waals surface area contributed by atoms with E-state index in [1.54, 1.807) is 0 Å². The number of hydrogen-bond acceptors (Lipinski definition) is 4. The first-order valence-corrected chi connectivity index (χ1v) is 6.05. The van der Waals surface area contributed by atoms with Crippen molar-refractivity contribution in [3.63, 3.8) is 0 Å². The van der Waals surface area contributed by atoms with Gasteiger partial charge in [0.25, 0.3) is 0 Å². The zero-order chi connectivity index (χ0) is 10.5. The van der Waals surface area contributed by atoms with Crippen LogP contribution in [0.5, 0.6) is 0 Å². The number of aliphatic hydroxyl groups excluding tert-OH is 1. The van der Waals surface area contributed by atoms with Crippen LogP contribution >= 0.6 is 0 Å². The van der Waals surface area contributed by atoms with E-state index >= 15 is 0 Å². The SMILES string of the molecule is OCN1CCCC(N2CCOCC2)CC1. The van der Waals surface area contributed by atoms with Crippen molar-refractivity contribution >= 4 is 0 Å². The van der Waals surface area contributed by atoms with Gasteiger partial charge in [0, 0.05) is 32.2 Å². The molecule has 1 atom stereocenters. The topological polar surface area (TPSA) is 35.9 Å². The highest BCUT2D eigenvalue weighted by Crippen LogP contribution is 2.17. The van der Waals surface area contributed by atoms with E-state index in [4.69, 9.17) is 9.84 Å². The molecule has 2 rings (SSSR count). The number of rotatable bonds is 2. The summed E-state index contributed by atoms with van der Waals surface area (Å²) in [4.78, 5) is 4.70. The molecule has 0 aromatic rings. The van der Waals surface area contributed by atoms with Gasteiger partial charge in [-0.2, -0.15) is 0 Å². The Balaban J connectivity index is 1.81. The summed E-state index contributed by atoms with van der Waals surface area (Å²) in [6.07, 6.45) is 3.68. The van der Waals surface area contributed by atoms with E-state index in [9.17, 15) is 0 Å². The molecule has 0 amide bonds. The highest BCUT2D eigenvalue weighted by molar-refractivity contribution is 4.78. The number of morpholine rings is 1. The standard InChI is InChI=1S/C11H22N2O2/c14-10-12-4-1-2-11(3-5-12)13-6-8-15-9-7-13/h11,14H,1-10H2. The third-order valence-corrected chi connectivity index (χ3v) is 3.55. The lowest BCUT2D eigenvalue weighted by atomic mass is 10.1. The van der Waals surface area contributed by atoms with E-state index in [-0.39, 0.29) is 6.73 Å². The molecule has 4 nitrogen and oxygen atoms in total. The highest BCUT2D eigenvalue weighted by Gasteiger charge is 2.23. The smallest absolute Gasteiger partial charge is 0.0956 e. The van der Waals surface area contributed by atoms with E-state index in [0.29, 0.717) is 6.04 Å². The van der Waals surface area contributed by atoms with Crippen molar-refractivity contribution < 1.29 is 9.84 Å². The van der Waals surface area contributed by atoms with E-state index < -0.39 is 0 Å². The lowest BCUT2D eigenvalue weighted by Gasteiger charge is -2.33. The average molecular weight is 214 g/mol. The molecule has 0 aromatic heterocycles. The molecule has 0 spiro atoms. The normalized spacial score (nSPS) is 31.4. The lowest BCUT2D eigenvalue weighted by Crippen LogP contribution is -2.43. The van der Waals surface area contributed by atoms with Crippen LogP contribution in [0.3, 0.4) is 0 Å². The van der Waals surface area contributed by atoms with E-state index in [2.05, 4.69) is 9.80 Å². The molecule has 2 heterocycles. The van der Waals surface area contributed by atoms with Gasteiger partial charge in [-0.3, -0.25) is 9.80 Å². The first kappa shape index (κ1) is 11.3. The molecule has 1 N–H and O–H groups in total. The molecule has 2 fully saturated rings. The summed E-state index contributed by atoms with van der Waals surface area (Å²) in [6, 6.07) is 0.713. The Kier molecular flexibility index (Phi) is 4.38. The summed E-state index contributed by atoms with van der Waals surface area (Å²) >= 11 is 0. The minimum absolute atomic E-state index is 0.218. The maximum atomic E-state index is 9.10. The first-order valence-electron chi connectivity index (χ1n) is 6.05. The Bertz CT molecular complexity index is 183. The Morgan fingerprint density at radius 1 is 1.07 bits per heavy atom. The lowest BCUT2D eigenvalue weighted by molar-refractivity contribution is 0.0128. The van der Waals surface area contributed by atoms with Gasteiger partial charge in [0.2, 0.25) is 0 Å². The molecule has 0 aliphatic carbocycles. The Labute approximate surface area is 91.8 Å². The molecule has 2 aliphatic rings. The minimum Gasteiger partial charge on any atom is -0.381 e. The molecule has 4 heteroatoms. The van der Waals surface area contributed by atoms with E-state index in [1.807, 2.05) is 0 Å². The monoisotopic (exact) mass is 214 g/mol. The van der Waals surface area contributed by atoms with Crippen LogP contribution in [-0.4, -0.2) is 67.1 Å². The number of likely N-dealkylation sites (tertiary alicyclic amines) is 1. The van der Waals surface area contributed by atoms with Gasteiger partial charge in [-0.1, -0.05) is 0 Å². The van der Waals surface area contributed by atoms with Gasteiger partial charge in [0.05, 0.1) is 19.9 Å². The van der Waals surface area contributed by atoms with Gasteiger partial charge in [0.15, 0.2) is 0 Å². The van der Waals surface area contributed by atoms with Crippen molar-refractivity contribution in [2.24, 2.45) is 0 Å². The number of aliphatic hydroxyl groups is 1. The van der Waals surface area contributed by atoms with Crippen molar-refractivity contribution in [2.45, 2.75) is 25.3 Å². The van der Waals surface area contributed by atoms with Gasteiger partial charge in [-0.05, 0) is 19.3 Å². The molecule has 2 aliphatic heterocycles. The average Bonchev–Trinajstić information content (AvgIpc) is 2.55. The van der Waals surface area contributed by atoms with E-state index in [1.165, 1.54) is 19.3 Å². The fraction of sp³-hybridized carbons (Fsp3) is 1.00. The second-order valence-corrected chi connectivity index (χ2v) is 4.49. The predicted octanol–water partition coefficient (Wildman–Crippen LogP) is 0.123. The molecule has 0 radical (unpaired) electrons. The Morgan fingerprint density at radius 2 is 1.87 bits per heavy atom. The molecule has 1 unspecified atom stereocenters. The predicted molar refractivity (Wildman–Crippen MR) is 58.7 cm³/mol. The van der Waals surface area contributed by atoms with Crippen molar-refractivity contribution in [1.29, 1.82) is 0 Å². The summed E-state index contributed by atoms with van der Waals surface area (Å²) < 4.78 is 5.37. The van der Waals surface area contributed by atoms with Crippen molar-refractivity contribution in [1.82, 2.24) is 9.80 Å². The second kappa shape index (κ2) is 5.80. The fourth-order valence-corrected chi connectivity index (χ4v) is 2.59. The van der Waals surface area contributed by atoms with Crippen LogP contribution in [0, 0.1) is 0 Å². The number of hydrogen-bond donors (Lipinski definition) is 1. The molecular weight excluding hydrogens is 192 g/mol. The maximum absolute atomic E-state index is 9.10. The second-order valence-electron chi connectivity index (χ2n) is 4.49. The largest absolute Gasteiger partial charge is 0.381 e. The maximum Gasteiger partial charge on any atom is 0.0956 e. The Morgan fingerprint density at radius 3 is 2.60 bits per heavy atom. The van der Waals surface area contributed by atoms with Crippen LogP contribution in [0.4, 0.5) is 0 Å². The third-order valence-electron chi connectivity index (χ3n) is 3.55. The van der Waals surface area contributed by atoms with Gasteiger partial charge in [-0.15, -0.1) is 0 Å². The molecule has 88 valence electrons. The number of ether oxygens (including phenoxy) is 1. The molecule has 0 bridgehead atoms. The van der Waals surface area contributed by atoms with Crippen molar-refractivity contribution in [3.8, 4) is 0 Å². The van der Waals surface area contributed by atoms with Crippen LogP contribution in [0.1, 0.15) is 19.3 Å². The molecule has 0 aromatic carbocycles. The van der Waals surface area contributed by atoms with Crippen LogP contribution in [0.2, 0.25) is 0 Å². The summed E-state index contributed by atoms with van der Waals surface area (Å²) in [6.45, 7) is 6.26. The van der Waals surface area contributed by atoms with Gasteiger partial charge in [-0.25, -0.2) is 0 Å². The minimum atomic E-state index is 0.218. The molecule has 2 saturated heterocycles. The zero-order valence-electron chi connectivity index (χ0n) is 9.40. The summed E-state index contributed by atoms with van der Waals surface area (Å²) in [5, 5.41) is 9.10. The zero-order valence-corrected chi connectivity index (χ0v) is 9.40. The molecule has 15 heavy (non-hydrogen) atoms. The summed E-state index contributed by atoms with van der Waals surface area (Å²) in [5.74, 6) is 0. The highest BCUT2D eigenvalue weighted by atomic mass is 16.5. The van der Waals surface area contributed by atoms with Gasteiger partial charge in [0.1, 0.15) is 0 Å². The first-order chi connectivity index (χ1) is 7.40. The molecular formula is C11H22N2O2. The number of nitrogens with zero attached hydrogens (tertiary/aromatic N) is 2. The van der Waals surface area contributed by atoms with Crippen molar-refractivity contribution in [3.05, 3.63) is 0 Å². The third kappa shape index (κ3) is 3.14. The van der Waals surface area contributed by atoms with E-state index in [0.717, 1.165) is 39.4 Å². The van der Waals surface area contributed by atoms with Crippen LogP contribution in [0.25, 0.3) is 0 Å². The van der Waals surface area contributed by atoms with Gasteiger partial charge < -0.3 is 9.84 Å².